The minimum Gasteiger partial charge on any atom is -0.307 e. The number of amides is 2. The quantitative estimate of drug-likeness (QED) is 0.463. The summed E-state index contributed by atoms with van der Waals surface area (Å²) in [5, 5.41) is 3.20. The van der Waals surface area contributed by atoms with Crippen LogP contribution in [0.4, 0.5) is 25.0 Å². The van der Waals surface area contributed by atoms with E-state index in [0.29, 0.717) is 16.4 Å². The number of rotatable bonds is 7. The highest BCUT2D eigenvalue weighted by Crippen LogP contribution is 2.25. The van der Waals surface area contributed by atoms with Gasteiger partial charge in [-0.1, -0.05) is 23.2 Å². The molecule has 0 unspecified atom stereocenters. The van der Waals surface area contributed by atoms with Crippen LogP contribution in [-0.4, -0.2) is 27.5 Å². The predicted molar refractivity (Wildman–Crippen MR) is 121 cm³/mol. The number of hydrogen-bond donors (Lipinski definition) is 2. The second kappa shape index (κ2) is 10.3. The molecule has 0 fully saturated rings. The number of benzene rings is 3. The highest BCUT2D eigenvalue weighted by molar-refractivity contribution is 7.89. The lowest BCUT2D eigenvalue weighted by Gasteiger charge is -2.23. The first-order valence-electron chi connectivity index (χ1n) is 9.20. The summed E-state index contributed by atoms with van der Waals surface area (Å²) in [4.78, 5) is 14.0. The summed E-state index contributed by atoms with van der Waals surface area (Å²) in [7, 11) is -3.92. The normalized spacial score (nSPS) is 11.2. The molecule has 0 saturated carbocycles. The molecule has 0 heterocycles. The molecular weight excluding hydrogens is 483 g/mol. The van der Waals surface area contributed by atoms with Crippen molar-refractivity contribution < 1.29 is 22.0 Å². The summed E-state index contributed by atoms with van der Waals surface area (Å²) in [6.45, 7) is -0.245. The molecule has 3 aromatic rings. The van der Waals surface area contributed by atoms with Crippen molar-refractivity contribution in [2.75, 3.05) is 23.3 Å². The van der Waals surface area contributed by atoms with Gasteiger partial charge in [0.2, 0.25) is 10.0 Å². The van der Waals surface area contributed by atoms with Crippen LogP contribution in [-0.2, 0) is 10.0 Å². The summed E-state index contributed by atoms with van der Waals surface area (Å²) in [5.41, 5.74) is 0.702. The summed E-state index contributed by atoms with van der Waals surface area (Å²) in [6, 6.07) is 13.4. The van der Waals surface area contributed by atoms with Crippen LogP contribution in [0.25, 0.3) is 0 Å². The van der Waals surface area contributed by atoms with Crippen molar-refractivity contribution in [2.24, 2.45) is 0 Å². The lowest BCUT2D eigenvalue weighted by Crippen LogP contribution is -2.41. The molecule has 0 bridgehead atoms. The number of nitrogens with one attached hydrogen (secondary N) is 2. The number of nitrogens with zero attached hydrogens (tertiary/aromatic N) is 1. The number of carbonyl (C=O) groups excluding carboxylic acids is 1. The largest absolute Gasteiger partial charge is 0.326 e. The Morgan fingerprint density at radius 2 is 1.47 bits per heavy atom. The van der Waals surface area contributed by atoms with Crippen LogP contribution >= 0.6 is 23.2 Å². The first-order valence-corrected chi connectivity index (χ1v) is 11.4. The van der Waals surface area contributed by atoms with E-state index in [1.165, 1.54) is 41.3 Å². The number of urea groups is 1. The van der Waals surface area contributed by atoms with Crippen molar-refractivity contribution >= 4 is 50.6 Å². The summed E-state index contributed by atoms with van der Waals surface area (Å²) in [5.74, 6) is -1.05. The summed E-state index contributed by atoms with van der Waals surface area (Å²) >= 11 is 11.9. The molecule has 0 spiro atoms. The van der Waals surface area contributed by atoms with Gasteiger partial charge in [0, 0.05) is 24.5 Å². The number of hydrogen-bond acceptors (Lipinski definition) is 3. The van der Waals surface area contributed by atoms with E-state index in [1.54, 1.807) is 6.07 Å². The number of carbonyl (C=O) groups is 1. The van der Waals surface area contributed by atoms with Gasteiger partial charge in [-0.15, -0.1) is 0 Å². The minimum absolute atomic E-state index is 0.0841. The molecule has 0 radical (unpaired) electrons. The maximum Gasteiger partial charge on any atom is 0.326 e. The fourth-order valence-corrected chi connectivity index (χ4v) is 4.04. The van der Waals surface area contributed by atoms with Crippen LogP contribution in [0.3, 0.4) is 0 Å². The number of sulfonamides is 1. The maximum absolute atomic E-state index is 13.3. The van der Waals surface area contributed by atoms with Gasteiger partial charge in [0.1, 0.15) is 11.6 Å². The molecule has 0 aliphatic heterocycles. The standard InChI is InChI=1S/C21H17Cl2F2N3O3S/c22-19-10-5-16(13-20(19)23)27-21(29)28(17-6-1-14(24)2-7-17)12-11-26-32(30,31)18-8-3-15(25)4-9-18/h1-10,13,26H,11-12H2,(H,27,29). The molecular formula is C21H17Cl2F2N3O3S. The van der Waals surface area contributed by atoms with Gasteiger partial charge < -0.3 is 5.32 Å². The van der Waals surface area contributed by atoms with Crippen molar-refractivity contribution in [3.8, 4) is 0 Å². The van der Waals surface area contributed by atoms with Crippen LogP contribution < -0.4 is 14.9 Å². The molecule has 6 nitrogen and oxygen atoms in total. The Labute approximate surface area is 193 Å². The second-order valence-corrected chi connectivity index (χ2v) is 9.12. The van der Waals surface area contributed by atoms with Crippen LogP contribution in [0.15, 0.2) is 71.6 Å². The van der Waals surface area contributed by atoms with Crippen LogP contribution in [0.5, 0.6) is 0 Å². The van der Waals surface area contributed by atoms with E-state index in [4.69, 9.17) is 23.2 Å². The number of halogens is 4. The lowest BCUT2D eigenvalue weighted by molar-refractivity contribution is 0.257. The Kier molecular flexibility index (Phi) is 7.68. The first kappa shape index (κ1) is 23.9. The van der Waals surface area contributed by atoms with Gasteiger partial charge in [-0.25, -0.2) is 26.7 Å². The molecule has 32 heavy (non-hydrogen) atoms. The third kappa shape index (κ3) is 6.17. The average Bonchev–Trinajstić information content (AvgIpc) is 2.75. The van der Waals surface area contributed by atoms with Crippen molar-refractivity contribution in [3.05, 3.63) is 88.4 Å². The fourth-order valence-electron chi connectivity index (χ4n) is 2.72. The molecule has 0 saturated heterocycles. The smallest absolute Gasteiger partial charge is 0.307 e. The highest BCUT2D eigenvalue weighted by atomic mass is 35.5. The predicted octanol–water partition coefficient (Wildman–Crippen LogP) is 5.29. The fraction of sp³-hybridized carbons (Fsp3) is 0.0952. The van der Waals surface area contributed by atoms with E-state index in [9.17, 15) is 22.0 Å². The lowest BCUT2D eigenvalue weighted by atomic mass is 10.2. The Bertz CT molecular complexity index is 1210. The van der Waals surface area contributed by atoms with Gasteiger partial charge >= 0.3 is 6.03 Å². The van der Waals surface area contributed by atoms with E-state index in [-0.39, 0.29) is 23.0 Å². The topological polar surface area (TPSA) is 78.5 Å². The van der Waals surface area contributed by atoms with Crippen molar-refractivity contribution in [2.45, 2.75) is 4.90 Å². The van der Waals surface area contributed by atoms with Gasteiger partial charge in [-0.3, -0.25) is 4.90 Å². The molecule has 11 heteroatoms. The Balaban J connectivity index is 1.75. The van der Waals surface area contributed by atoms with Crippen molar-refractivity contribution in [1.29, 1.82) is 0 Å². The zero-order valence-corrected chi connectivity index (χ0v) is 18.7. The molecule has 0 aliphatic rings. The minimum atomic E-state index is -3.92. The monoisotopic (exact) mass is 499 g/mol. The average molecular weight is 500 g/mol. The van der Waals surface area contributed by atoms with Gasteiger partial charge in [0.15, 0.2) is 0 Å². The zero-order valence-electron chi connectivity index (χ0n) is 16.4. The van der Waals surface area contributed by atoms with Crippen molar-refractivity contribution in [1.82, 2.24) is 4.72 Å². The molecule has 0 aromatic heterocycles. The van der Waals surface area contributed by atoms with E-state index >= 15 is 0 Å². The third-order valence-corrected chi connectivity index (χ3v) is 6.52. The molecule has 2 amide bonds. The zero-order chi connectivity index (χ0) is 23.3. The molecule has 0 atom stereocenters. The molecule has 168 valence electrons. The van der Waals surface area contributed by atoms with E-state index in [2.05, 4.69) is 10.0 Å². The van der Waals surface area contributed by atoms with E-state index < -0.39 is 27.7 Å². The Morgan fingerprint density at radius 1 is 0.875 bits per heavy atom. The van der Waals surface area contributed by atoms with Crippen LogP contribution in [0.1, 0.15) is 0 Å². The molecule has 2 N–H and O–H groups in total. The van der Waals surface area contributed by atoms with Crippen molar-refractivity contribution in [3.63, 3.8) is 0 Å². The SMILES string of the molecule is O=C(Nc1ccc(Cl)c(Cl)c1)N(CCNS(=O)(=O)c1ccc(F)cc1)c1ccc(F)cc1. The van der Waals surface area contributed by atoms with Gasteiger partial charge in [0.05, 0.1) is 14.9 Å². The van der Waals surface area contributed by atoms with Gasteiger partial charge in [-0.2, -0.15) is 0 Å². The number of anilines is 2. The third-order valence-electron chi connectivity index (χ3n) is 4.31. The van der Waals surface area contributed by atoms with E-state index in [0.717, 1.165) is 24.3 Å². The van der Waals surface area contributed by atoms with Crippen LogP contribution in [0.2, 0.25) is 10.0 Å². The summed E-state index contributed by atoms with van der Waals surface area (Å²) in [6.07, 6.45) is 0. The summed E-state index contributed by atoms with van der Waals surface area (Å²) < 4.78 is 53.6. The van der Waals surface area contributed by atoms with Crippen LogP contribution in [0, 0.1) is 11.6 Å². The first-order chi connectivity index (χ1) is 15.2. The Morgan fingerprint density at radius 3 is 2.06 bits per heavy atom. The molecule has 3 rings (SSSR count). The van der Waals surface area contributed by atoms with E-state index in [1.807, 2.05) is 0 Å². The second-order valence-electron chi connectivity index (χ2n) is 6.54. The van der Waals surface area contributed by atoms with Gasteiger partial charge in [0.25, 0.3) is 0 Å². The molecule has 3 aromatic carbocycles. The Hall–Kier alpha value is -2.72. The maximum atomic E-state index is 13.3. The molecule has 0 aliphatic carbocycles. The highest BCUT2D eigenvalue weighted by Gasteiger charge is 2.19. The van der Waals surface area contributed by atoms with Gasteiger partial charge in [-0.05, 0) is 66.7 Å².